The molecule has 0 fully saturated rings. The lowest BCUT2D eigenvalue weighted by molar-refractivity contribution is -0.384. The number of hydrogen-bond donors (Lipinski definition) is 1. The Labute approximate surface area is 212 Å². The Morgan fingerprint density at radius 2 is 2.00 bits per heavy atom. The summed E-state index contributed by atoms with van der Waals surface area (Å²) in [6.45, 7) is 2.19. The maximum absolute atomic E-state index is 13.9. The van der Waals surface area contributed by atoms with Gasteiger partial charge < -0.3 is 13.9 Å². The molecule has 9 nitrogen and oxygen atoms in total. The maximum atomic E-state index is 13.9. The van der Waals surface area contributed by atoms with Gasteiger partial charge in [-0.2, -0.15) is 5.10 Å². The Kier molecular flexibility index (Phi) is 7.59. The second kappa shape index (κ2) is 11.0. The molecule has 184 valence electrons. The van der Waals surface area contributed by atoms with Crippen LogP contribution < -0.4 is 14.9 Å². The Balaban J connectivity index is 1.47. The van der Waals surface area contributed by atoms with Crippen molar-refractivity contribution < 1.29 is 28.0 Å². The van der Waals surface area contributed by atoms with Crippen molar-refractivity contribution in [2.45, 2.75) is 13.5 Å². The zero-order valence-electron chi connectivity index (χ0n) is 18.9. The number of nitrogens with zero attached hydrogens (tertiary/aromatic N) is 2. The number of fused-ring (bicyclic) bond motifs is 1. The minimum absolute atomic E-state index is 0.00942. The summed E-state index contributed by atoms with van der Waals surface area (Å²) in [6, 6.07) is 15.1. The molecular weight excluding hydrogens is 537 g/mol. The van der Waals surface area contributed by atoms with E-state index in [0.717, 1.165) is 0 Å². The normalized spacial score (nSPS) is 11.1. The molecule has 11 heteroatoms. The molecule has 1 amide bonds. The molecule has 0 aliphatic rings. The van der Waals surface area contributed by atoms with Gasteiger partial charge >= 0.3 is 5.91 Å². The first-order valence-electron chi connectivity index (χ1n) is 10.7. The molecule has 3 aromatic carbocycles. The van der Waals surface area contributed by atoms with Gasteiger partial charge in [0.1, 0.15) is 18.0 Å². The monoisotopic (exact) mass is 555 g/mol. The van der Waals surface area contributed by atoms with Gasteiger partial charge in [-0.1, -0.05) is 18.2 Å². The van der Waals surface area contributed by atoms with Crippen molar-refractivity contribution in [2.75, 3.05) is 6.61 Å². The number of ether oxygens (including phenoxy) is 2. The van der Waals surface area contributed by atoms with Crippen LogP contribution in [-0.4, -0.2) is 23.7 Å². The molecule has 0 spiro atoms. The number of carbonyl (C=O) groups excluding carboxylic acids is 1. The van der Waals surface area contributed by atoms with E-state index in [1.807, 2.05) is 6.92 Å². The van der Waals surface area contributed by atoms with Crippen molar-refractivity contribution in [3.8, 4) is 11.5 Å². The average Bonchev–Trinajstić information content (AvgIpc) is 3.28. The Hall–Kier alpha value is -4.25. The average molecular weight is 556 g/mol. The number of hydrazone groups is 1. The first-order valence-corrected chi connectivity index (χ1v) is 11.5. The standard InChI is InChI=1S/C25H19BrFN3O6/c1-2-34-22-10-15(9-19(26)24(22)35-14-16-5-3-4-6-20(16)27)13-28-29-25(31)23-12-17-11-18(30(32)33)7-8-21(17)36-23/h3-13H,2,14H2,1H3,(H,29,31)/b28-13+. The summed E-state index contributed by atoms with van der Waals surface area (Å²) in [4.78, 5) is 22.8. The number of carbonyl (C=O) groups is 1. The summed E-state index contributed by atoms with van der Waals surface area (Å²) < 4.78 is 31.4. The molecule has 0 atom stereocenters. The van der Waals surface area contributed by atoms with Crippen LogP contribution in [0.3, 0.4) is 0 Å². The second-order valence-electron chi connectivity index (χ2n) is 7.43. The Bertz CT molecular complexity index is 1470. The van der Waals surface area contributed by atoms with E-state index in [-0.39, 0.29) is 23.9 Å². The summed E-state index contributed by atoms with van der Waals surface area (Å²) in [5, 5.41) is 15.3. The fourth-order valence-corrected chi connectivity index (χ4v) is 3.88. The molecule has 0 aliphatic heterocycles. The largest absolute Gasteiger partial charge is 0.490 e. The van der Waals surface area contributed by atoms with Crippen molar-refractivity contribution in [3.63, 3.8) is 0 Å². The van der Waals surface area contributed by atoms with Gasteiger partial charge in [0, 0.05) is 23.1 Å². The molecule has 0 aliphatic carbocycles. The van der Waals surface area contributed by atoms with Crippen LogP contribution in [0.5, 0.6) is 11.5 Å². The quantitative estimate of drug-likeness (QED) is 0.154. The summed E-state index contributed by atoms with van der Waals surface area (Å²) in [7, 11) is 0. The van der Waals surface area contributed by atoms with E-state index in [0.29, 0.717) is 44.7 Å². The molecule has 36 heavy (non-hydrogen) atoms. The van der Waals surface area contributed by atoms with Crippen LogP contribution in [0.2, 0.25) is 0 Å². The van der Waals surface area contributed by atoms with Gasteiger partial charge in [-0.05, 0) is 58.7 Å². The number of halogens is 2. The predicted molar refractivity (Wildman–Crippen MR) is 134 cm³/mol. The molecule has 1 aromatic heterocycles. The number of benzene rings is 3. The number of furan rings is 1. The Morgan fingerprint density at radius 1 is 1.19 bits per heavy atom. The lowest BCUT2D eigenvalue weighted by Gasteiger charge is -2.15. The number of rotatable bonds is 9. The fraction of sp³-hybridized carbons (Fsp3) is 0.120. The van der Waals surface area contributed by atoms with E-state index in [1.165, 1.54) is 36.5 Å². The number of non-ortho nitro benzene ring substituents is 1. The van der Waals surface area contributed by atoms with Crippen LogP contribution in [0.4, 0.5) is 10.1 Å². The van der Waals surface area contributed by atoms with E-state index >= 15 is 0 Å². The smallest absolute Gasteiger partial charge is 0.307 e. The van der Waals surface area contributed by atoms with Crippen LogP contribution in [0.1, 0.15) is 28.6 Å². The highest BCUT2D eigenvalue weighted by atomic mass is 79.9. The number of nitrogens with one attached hydrogen (secondary N) is 1. The van der Waals surface area contributed by atoms with Crippen molar-refractivity contribution in [3.05, 3.63) is 98.0 Å². The van der Waals surface area contributed by atoms with Crippen molar-refractivity contribution in [1.29, 1.82) is 0 Å². The second-order valence-corrected chi connectivity index (χ2v) is 8.29. The highest BCUT2D eigenvalue weighted by molar-refractivity contribution is 9.10. The molecule has 0 saturated heterocycles. The van der Waals surface area contributed by atoms with Gasteiger partial charge in [0.2, 0.25) is 0 Å². The first-order chi connectivity index (χ1) is 17.4. The topological polar surface area (TPSA) is 116 Å². The number of hydrogen-bond acceptors (Lipinski definition) is 7. The van der Waals surface area contributed by atoms with Gasteiger partial charge in [0.25, 0.3) is 5.69 Å². The number of amides is 1. The third-order valence-corrected chi connectivity index (χ3v) is 5.56. The van der Waals surface area contributed by atoms with E-state index < -0.39 is 10.8 Å². The number of nitro benzene ring substituents is 1. The molecular formula is C25H19BrFN3O6. The minimum atomic E-state index is -0.626. The molecule has 0 radical (unpaired) electrons. The third kappa shape index (κ3) is 5.69. The SMILES string of the molecule is CCOc1cc(/C=N/NC(=O)c2cc3cc([N+](=O)[O-])ccc3o2)cc(Br)c1OCc1ccccc1F. The van der Waals surface area contributed by atoms with E-state index in [2.05, 4.69) is 26.5 Å². The molecule has 4 aromatic rings. The van der Waals surface area contributed by atoms with Crippen LogP contribution >= 0.6 is 15.9 Å². The predicted octanol–water partition coefficient (Wildman–Crippen LogP) is 5.98. The summed E-state index contributed by atoms with van der Waals surface area (Å²) in [6.07, 6.45) is 1.40. The highest BCUT2D eigenvalue weighted by Crippen LogP contribution is 2.37. The maximum Gasteiger partial charge on any atom is 0.307 e. The first kappa shape index (κ1) is 24.9. The molecule has 1 heterocycles. The van der Waals surface area contributed by atoms with Crippen molar-refractivity contribution in [1.82, 2.24) is 5.43 Å². The Morgan fingerprint density at radius 3 is 2.75 bits per heavy atom. The summed E-state index contributed by atoms with van der Waals surface area (Å²) >= 11 is 3.44. The molecule has 4 rings (SSSR count). The van der Waals surface area contributed by atoms with Crippen LogP contribution in [0, 0.1) is 15.9 Å². The van der Waals surface area contributed by atoms with Crippen LogP contribution in [0.15, 0.2) is 74.7 Å². The van der Waals surface area contributed by atoms with E-state index in [4.69, 9.17) is 13.9 Å². The van der Waals surface area contributed by atoms with Gasteiger partial charge in [-0.3, -0.25) is 14.9 Å². The van der Waals surface area contributed by atoms with E-state index in [9.17, 15) is 19.3 Å². The number of nitro groups is 1. The molecule has 1 N–H and O–H groups in total. The van der Waals surface area contributed by atoms with Gasteiger partial charge in [0.05, 0.1) is 22.2 Å². The van der Waals surface area contributed by atoms with Crippen molar-refractivity contribution in [2.24, 2.45) is 5.10 Å². The van der Waals surface area contributed by atoms with Crippen LogP contribution in [0.25, 0.3) is 11.0 Å². The van der Waals surface area contributed by atoms with Gasteiger partial charge in [-0.15, -0.1) is 0 Å². The highest BCUT2D eigenvalue weighted by Gasteiger charge is 2.16. The summed E-state index contributed by atoms with van der Waals surface area (Å²) in [5.74, 6) is -0.226. The summed E-state index contributed by atoms with van der Waals surface area (Å²) in [5.41, 5.74) is 3.58. The van der Waals surface area contributed by atoms with Gasteiger partial charge in [-0.25, -0.2) is 9.82 Å². The van der Waals surface area contributed by atoms with Gasteiger partial charge in [0.15, 0.2) is 17.3 Å². The zero-order chi connectivity index (χ0) is 25.7. The van der Waals surface area contributed by atoms with Crippen molar-refractivity contribution >= 4 is 44.7 Å². The lowest BCUT2D eigenvalue weighted by atomic mass is 10.2. The fourth-order valence-electron chi connectivity index (χ4n) is 3.31. The lowest BCUT2D eigenvalue weighted by Crippen LogP contribution is -2.16. The van der Waals surface area contributed by atoms with E-state index in [1.54, 1.807) is 30.3 Å². The third-order valence-electron chi connectivity index (χ3n) is 4.98. The minimum Gasteiger partial charge on any atom is -0.490 e. The molecule has 0 bridgehead atoms. The van der Waals surface area contributed by atoms with Crippen LogP contribution in [-0.2, 0) is 6.61 Å². The molecule has 0 saturated carbocycles. The molecule has 0 unspecified atom stereocenters. The zero-order valence-corrected chi connectivity index (χ0v) is 20.5.